The van der Waals surface area contributed by atoms with E-state index in [1.807, 2.05) is 30.5 Å². The van der Waals surface area contributed by atoms with Gasteiger partial charge in [-0.05, 0) is 25.5 Å². The van der Waals surface area contributed by atoms with Crippen LogP contribution in [0.3, 0.4) is 0 Å². The first-order valence-corrected chi connectivity index (χ1v) is 7.61. The highest BCUT2D eigenvalue weighted by molar-refractivity contribution is 5.98. The third kappa shape index (κ3) is 1.89. The predicted octanol–water partition coefficient (Wildman–Crippen LogP) is 2.15. The van der Waals surface area contributed by atoms with Crippen LogP contribution in [-0.4, -0.2) is 31.3 Å². The number of ether oxygens (including phenoxy) is 1. The van der Waals surface area contributed by atoms with Crippen molar-refractivity contribution >= 4 is 22.5 Å². The van der Waals surface area contributed by atoms with Gasteiger partial charge in [0.25, 0.3) is 0 Å². The van der Waals surface area contributed by atoms with E-state index in [2.05, 4.69) is 21.3 Å². The summed E-state index contributed by atoms with van der Waals surface area (Å²) >= 11 is 0. The van der Waals surface area contributed by atoms with Crippen LogP contribution in [0, 0.1) is 25.2 Å². The Balaban J connectivity index is 2.26. The lowest BCUT2D eigenvalue weighted by molar-refractivity contribution is 0.411. The summed E-state index contributed by atoms with van der Waals surface area (Å²) in [6.45, 7) is 3.94. The van der Waals surface area contributed by atoms with Crippen LogP contribution in [0.4, 0.5) is 5.82 Å². The molecule has 8 heteroatoms. The van der Waals surface area contributed by atoms with E-state index < -0.39 is 0 Å². The Labute approximate surface area is 143 Å². The number of fused-ring (bicyclic) bond motifs is 3. The number of aryl methyl sites for hydroxylation is 1. The predicted molar refractivity (Wildman–Crippen MR) is 92.8 cm³/mol. The zero-order chi connectivity index (χ0) is 17.7. The SMILES string of the molecule is COc1ccc(C)c(-n2c(N)c(C#N)c3ncn4cnnc4c32)c1C. The summed E-state index contributed by atoms with van der Waals surface area (Å²) in [5.74, 6) is 1.06. The molecular formula is C17H15N7O. The first-order valence-electron chi connectivity index (χ1n) is 7.61. The number of benzene rings is 1. The average Bonchev–Trinajstić information content (AvgIpc) is 3.17. The number of hydrogen-bond acceptors (Lipinski definition) is 6. The zero-order valence-corrected chi connectivity index (χ0v) is 14.0. The molecule has 0 aliphatic heterocycles. The molecule has 0 atom stereocenters. The van der Waals surface area contributed by atoms with Crippen molar-refractivity contribution in [2.24, 2.45) is 0 Å². The van der Waals surface area contributed by atoms with E-state index in [1.54, 1.807) is 24.2 Å². The Hall–Kier alpha value is -3.60. The van der Waals surface area contributed by atoms with Crippen LogP contribution in [-0.2, 0) is 0 Å². The minimum atomic E-state index is 0.320. The van der Waals surface area contributed by atoms with Gasteiger partial charge in [-0.1, -0.05) is 6.07 Å². The molecule has 0 amide bonds. The Kier molecular flexibility index (Phi) is 3.12. The molecule has 0 spiro atoms. The van der Waals surface area contributed by atoms with Crippen molar-refractivity contribution in [1.29, 1.82) is 5.26 Å². The van der Waals surface area contributed by atoms with Gasteiger partial charge in [0, 0.05) is 5.56 Å². The van der Waals surface area contributed by atoms with Crippen LogP contribution < -0.4 is 10.5 Å². The fourth-order valence-electron chi connectivity index (χ4n) is 3.25. The first kappa shape index (κ1) is 15.0. The summed E-state index contributed by atoms with van der Waals surface area (Å²) in [6.07, 6.45) is 3.14. The lowest BCUT2D eigenvalue weighted by Crippen LogP contribution is -2.06. The molecule has 0 saturated heterocycles. The molecule has 4 aromatic rings. The number of methoxy groups -OCH3 is 1. The number of anilines is 1. The van der Waals surface area contributed by atoms with Crippen LogP contribution in [0.5, 0.6) is 5.75 Å². The molecule has 124 valence electrons. The number of nitrogens with zero attached hydrogens (tertiary/aromatic N) is 6. The molecule has 2 N–H and O–H groups in total. The van der Waals surface area contributed by atoms with Crippen molar-refractivity contribution in [3.05, 3.63) is 41.5 Å². The molecule has 3 heterocycles. The highest BCUT2D eigenvalue weighted by Gasteiger charge is 2.23. The standard InChI is InChI=1S/C17H15N7O/c1-9-4-5-12(25-3)10(2)14(9)24-15-13(11(6-18)16(24)19)20-7-23-8-21-22-17(15)23/h4-5,7-8H,19H2,1-3H3. The van der Waals surface area contributed by atoms with Crippen LogP contribution in [0.1, 0.15) is 16.7 Å². The van der Waals surface area contributed by atoms with E-state index in [9.17, 15) is 5.26 Å². The lowest BCUT2D eigenvalue weighted by Gasteiger charge is -2.17. The number of nitrogens with two attached hydrogens (primary N) is 1. The van der Waals surface area contributed by atoms with Gasteiger partial charge in [0.1, 0.15) is 46.9 Å². The second-order valence-electron chi connectivity index (χ2n) is 5.77. The van der Waals surface area contributed by atoms with E-state index in [-0.39, 0.29) is 0 Å². The molecule has 8 nitrogen and oxygen atoms in total. The Morgan fingerprint density at radius 2 is 2.04 bits per heavy atom. The summed E-state index contributed by atoms with van der Waals surface area (Å²) in [5.41, 5.74) is 11.2. The number of hydrogen-bond donors (Lipinski definition) is 1. The second kappa shape index (κ2) is 5.21. The maximum absolute atomic E-state index is 9.59. The first-order chi connectivity index (χ1) is 12.1. The Bertz CT molecular complexity index is 1180. The number of rotatable bonds is 2. The van der Waals surface area contributed by atoms with Crippen molar-refractivity contribution in [2.45, 2.75) is 13.8 Å². The minimum Gasteiger partial charge on any atom is -0.496 e. The van der Waals surface area contributed by atoms with Crippen molar-refractivity contribution in [1.82, 2.24) is 24.1 Å². The van der Waals surface area contributed by atoms with E-state index >= 15 is 0 Å². The Morgan fingerprint density at radius 1 is 1.24 bits per heavy atom. The van der Waals surface area contributed by atoms with Gasteiger partial charge in [-0.3, -0.25) is 8.97 Å². The summed E-state index contributed by atoms with van der Waals surface area (Å²) in [4.78, 5) is 4.39. The van der Waals surface area contributed by atoms with Gasteiger partial charge in [-0.15, -0.1) is 10.2 Å². The van der Waals surface area contributed by atoms with Gasteiger partial charge in [0.15, 0.2) is 5.65 Å². The molecule has 0 aliphatic rings. The van der Waals surface area contributed by atoms with Gasteiger partial charge >= 0.3 is 0 Å². The van der Waals surface area contributed by atoms with Gasteiger partial charge in [0.05, 0.1) is 12.8 Å². The van der Waals surface area contributed by atoms with Crippen LogP contribution in [0.15, 0.2) is 24.8 Å². The van der Waals surface area contributed by atoms with E-state index in [1.165, 1.54) is 0 Å². The third-order valence-electron chi connectivity index (χ3n) is 4.42. The molecule has 0 fully saturated rings. The summed E-state index contributed by atoms with van der Waals surface area (Å²) in [6, 6.07) is 6.02. The fourth-order valence-corrected chi connectivity index (χ4v) is 3.25. The smallest absolute Gasteiger partial charge is 0.188 e. The molecule has 0 unspecified atom stereocenters. The molecule has 0 bridgehead atoms. The zero-order valence-electron chi connectivity index (χ0n) is 14.0. The van der Waals surface area contributed by atoms with Crippen molar-refractivity contribution < 1.29 is 4.74 Å². The fraction of sp³-hybridized carbons (Fsp3) is 0.176. The van der Waals surface area contributed by atoms with Gasteiger partial charge in [-0.25, -0.2) is 4.98 Å². The summed E-state index contributed by atoms with van der Waals surface area (Å²) < 4.78 is 8.97. The van der Waals surface area contributed by atoms with Crippen molar-refractivity contribution in [2.75, 3.05) is 12.8 Å². The molecule has 0 saturated carbocycles. The summed E-state index contributed by atoms with van der Waals surface area (Å²) in [7, 11) is 1.62. The van der Waals surface area contributed by atoms with Crippen molar-refractivity contribution in [3.8, 4) is 17.5 Å². The maximum Gasteiger partial charge on any atom is 0.188 e. The molecule has 25 heavy (non-hydrogen) atoms. The summed E-state index contributed by atoms with van der Waals surface area (Å²) in [5, 5.41) is 17.7. The largest absolute Gasteiger partial charge is 0.496 e. The topological polar surface area (TPSA) is 107 Å². The van der Waals surface area contributed by atoms with Gasteiger partial charge in [-0.2, -0.15) is 5.26 Å². The van der Waals surface area contributed by atoms with Crippen LogP contribution in [0.2, 0.25) is 0 Å². The maximum atomic E-state index is 9.59. The molecule has 0 aliphatic carbocycles. The molecule has 4 rings (SSSR count). The lowest BCUT2D eigenvalue weighted by atomic mass is 10.1. The quantitative estimate of drug-likeness (QED) is 0.602. The Morgan fingerprint density at radius 3 is 2.76 bits per heavy atom. The number of nitriles is 1. The van der Waals surface area contributed by atoms with Gasteiger partial charge < -0.3 is 10.5 Å². The molecular weight excluding hydrogens is 318 g/mol. The van der Waals surface area contributed by atoms with Gasteiger partial charge in [0.2, 0.25) is 0 Å². The minimum absolute atomic E-state index is 0.320. The second-order valence-corrected chi connectivity index (χ2v) is 5.77. The van der Waals surface area contributed by atoms with Crippen molar-refractivity contribution in [3.63, 3.8) is 0 Å². The van der Waals surface area contributed by atoms with E-state index in [0.717, 1.165) is 22.6 Å². The monoisotopic (exact) mass is 333 g/mol. The molecule has 0 radical (unpaired) electrons. The molecule has 3 aromatic heterocycles. The molecule has 1 aromatic carbocycles. The highest BCUT2D eigenvalue weighted by Crippen LogP contribution is 2.36. The van der Waals surface area contributed by atoms with Crippen LogP contribution in [0.25, 0.3) is 22.4 Å². The van der Waals surface area contributed by atoms with E-state index in [0.29, 0.717) is 28.1 Å². The third-order valence-corrected chi connectivity index (χ3v) is 4.42. The average molecular weight is 333 g/mol. The van der Waals surface area contributed by atoms with E-state index in [4.69, 9.17) is 10.5 Å². The number of nitrogen functional groups attached to an aromatic ring is 1. The number of aromatic nitrogens is 5. The highest BCUT2D eigenvalue weighted by atomic mass is 16.5. The van der Waals surface area contributed by atoms with Crippen LogP contribution >= 0.6 is 0 Å². The normalized spacial score (nSPS) is 11.1.